The summed E-state index contributed by atoms with van der Waals surface area (Å²) in [5, 5.41) is 0. The number of aldehydes is 1. The SMILES string of the molecule is CC(CC(=O)c1ccc(Br)c(C=O)c1)c1ccccc1F. The van der Waals surface area contributed by atoms with E-state index in [-0.39, 0.29) is 23.9 Å². The second-order valence-electron chi connectivity index (χ2n) is 4.90. The first-order chi connectivity index (χ1) is 10.0. The van der Waals surface area contributed by atoms with Gasteiger partial charge in [-0.15, -0.1) is 0 Å². The van der Waals surface area contributed by atoms with Crippen LogP contribution in [0.4, 0.5) is 4.39 Å². The molecule has 0 heterocycles. The molecule has 0 saturated carbocycles. The van der Waals surface area contributed by atoms with E-state index >= 15 is 0 Å². The summed E-state index contributed by atoms with van der Waals surface area (Å²) in [5.74, 6) is -0.634. The minimum atomic E-state index is -0.304. The summed E-state index contributed by atoms with van der Waals surface area (Å²) in [6.45, 7) is 1.82. The molecule has 0 bridgehead atoms. The molecule has 21 heavy (non-hydrogen) atoms. The molecule has 0 aromatic heterocycles. The molecule has 2 nitrogen and oxygen atoms in total. The van der Waals surface area contributed by atoms with E-state index in [1.165, 1.54) is 6.07 Å². The first-order valence-electron chi connectivity index (χ1n) is 6.55. The van der Waals surface area contributed by atoms with E-state index in [9.17, 15) is 14.0 Å². The van der Waals surface area contributed by atoms with Gasteiger partial charge in [-0.1, -0.05) is 47.1 Å². The number of carbonyl (C=O) groups is 2. The molecule has 0 aliphatic heterocycles. The molecule has 0 aliphatic rings. The van der Waals surface area contributed by atoms with Gasteiger partial charge in [0.15, 0.2) is 12.1 Å². The number of benzene rings is 2. The number of carbonyl (C=O) groups excluding carboxylic acids is 2. The highest BCUT2D eigenvalue weighted by Gasteiger charge is 2.16. The van der Waals surface area contributed by atoms with E-state index in [1.807, 2.05) is 6.92 Å². The minimum Gasteiger partial charge on any atom is -0.298 e. The van der Waals surface area contributed by atoms with E-state index in [0.29, 0.717) is 27.4 Å². The Balaban J connectivity index is 2.18. The summed E-state index contributed by atoms with van der Waals surface area (Å²) in [4.78, 5) is 23.2. The van der Waals surface area contributed by atoms with Crippen LogP contribution in [0.1, 0.15) is 45.5 Å². The van der Waals surface area contributed by atoms with Crippen LogP contribution in [0, 0.1) is 5.82 Å². The fourth-order valence-electron chi connectivity index (χ4n) is 2.19. The Bertz CT molecular complexity index is 682. The fraction of sp³-hybridized carbons (Fsp3) is 0.176. The van der Waals surface area contributed by atoms with Crippen molar-refractivity contribution in [1.29, 1.82) is 0 Å². The lowest BCUT2D eigenvalue weighted by atomic mass is 9.92. The normalized spacial score (nSPS) is 12.0. The lowest BCUT2D eigenvalue weighted by Gasteiger charge is -2.12. The van der Waals surface area contributed by atoms with Crippen molar-refractivity contribution >= 4 is 28.0 Å². The lowest BCUT2D eigenvalue weighted by Crippen LogP contribution is -2.07. The van der Waals surface area contributed by atoms with Crippen LogP contribution in [0.15, 0.2) is 46.9 Å². The van der Waals surface area contributed by atoms with E-state index in [4.69, 9.17) is 0 Å². The van der Waals surface area contributed by atoms with Crippen molar-refractivity contribution in [3.63, 3.8) is 0 Å². The van der Waals surface area contributed by atoms with Crippen LogP contribution in [-0.2, 0) is 0 Å². The van der Waals surface area contributed by atoms with Gasteiger partial charge in [-0.3, -0.25) is 9.59 Å². The highest BCUT2D eigenvalue weighted by atomic mass is 79.9. The van der Waals surface area contributed by atoms with Crippen molar-refractivity contribution in [2.75, 3.05) is 0 Å². The summed E-state index contributed by atoms with van der Waals surface area (Å²) in [5.41, 5.74) is 1.42. The fourth-order valence-corrected chi connectivity index (χ4v) is 2.53. The van der Waals surface area contributed by atoms with Crippen LogP contribution in [0.3, 0.4) is 0 Å². The molecule has 0 radical (unpaired) electrons. The first kappa shape index (κ1) is 15.6. The van der Waals surface area contributed by atoms with Crippen molar-refractivity contribution in [1.82, 2.24) is 0 Å². The topological polar surface area (TPSA) is 34.1 Å². The van der Waals surface area contributed by atoms with Gasteiger partial charge in [0.1, 0.15) is 5.82 Å². The van der Waals surface area contributed by atoms with Crippen molar-refractivity contribution in [3.8, 4) is 0 Å². The molecular weight excluding hydrogens is 335 g/mol. The maximum absolute atomic E-state index is 13.7. The Morgan fingerprint density at radius 2 is 2.00 bits per heavy atom. The molecule has 2 aromatic carbocycles. The molecule has 0 spiro atoms. The molecule has 108 valence electrons. The molecule has 0 amide bonds. The molecule has 0 fully saturated rings. The van der Waals surface area contributed by atoms with Crippen molar-refractivity contribution in [2.24, 2.45) is 0 Å². The summed E-state index contributed by atoms with van der Waals surface area (Å²) in [6, 6.07) is 11.3. The van der Waals surface area contributed by atoms with Gasteiger partial charge in [0.2, 0.25) is 0 Å². The van der Waals surface area contributed by atoms with Gasteiger partial charge in [-0.2, -0.15) is 0 Å². The monoisotopic (exact) mass is 348 g/mol. The van der Waals surface area contributed by atoms with Crippen LogP contribution in [0.5, 0.6) is 0 Å². The third-order valence-electron chi connectivity index (χ3n) is 3.37. The lowest BCUT2D eigenvalue weighted by molar-refractivity contribution is 0.0975. The summed E-state index contributed by atoms with van der Waals surface area (Å²) < 4.78 is 14.3. The first-order valence-corrected chi connectivity index (χ1v) is 7.34. The quantitative estimate of drug-likeness (QED) is 0.575. The Morgan fingerprint density at radius 3 is 2.67 bits per heavy atom. The number of rotatable bonds is 5. The van der Waals surface area contributed by atoms with Crippen LogP contribution in [0.25, 0.3) is 0 Å². The summed E-state index contributed by atoms with van der Waals surface area (Å²) in [7, 11) is 0. The second-order valence-corrected chi connectivity index (χ2v) is 5.76. The second kappa shape index (κ2) is 6.76. The molecule has 2 aromatic rings. The van der Waals surface area contributed by atoms with Crippen molar-refractivity contribution in [2.45, 2.75) is 19.3 Å². The van der Waals surface area contributed by atoms with Gasteiger partial charge in [0.25, 0.3) is 0 Å². The van der Waals surface area contributed by atoms with Crippen molar-refractivity contribution in [3.05, 3.63) is 69.4 Å². The number of halogens is 2. The zero-order chi connectivity index (χ0) is 15.4. The third kappa shape index (κ3) is 3.64. The van der Waals surface area contributed by atoms with E-state index in [0.717, 1.165) is 0 Å². The standard InChI is InChI=1S/C17H14BrFO2/c1-11(14-4-2-3-5-16(14)19)8-17(21)12-6-7-15(18)13(9-12)10-20/h2-7,9-11H,8H2,1H3. The number of hydrogen-bond acceptors (Lipinski definition) is 2. The maximum Gasteiger partial charge on any atom is 0.163 e. The average Bonchev–Trinajstić information content (AvgIpc) is 2.48. The Labute approximate surface area is 131 Å². The Morgan fingerprint density at radius 1 is 1.29 bits per heavy atom. The molecule has 1 atom stereocenters. The van der Waals surface area contributed by atoms with E-state index < -0.39 is 0 Å². The van der Waals surface area contributed by atoms with Crippen LogP contribution in [0.2, 0.25) is 0 Å². The predicted octanol–water partition coefficient (Wildman–Crippen LogP) is 4.78. The van der Waals surface area contributed by atoms with Crippen LogP contribution < -0.4 is 0 Å². The van der Waals surface area contributed by atoms with E-state index in [2.05, 4.69) is 15.9 Å². The smallest absolute Gasteiger partial charge is 0.163 e. The number of hydrogen-bond donors (Lipinski definition) is 0. The predicted molar refractivity (Wildman–Crippen MR) is 83.3 cm³/mol. The highest BCUT2D eigenvalue weighted by molar-refractivity contribution is 9.10. The molecular formula is C17H14BrFO2. The van der Waals surface area contributed by atoms with Gasteiger partial charge in [0.05, 0.1) is 0 Å². The van der Waals surface area contributed by atoms with Gasteiger partial charge in [0, 0.05) is 22.0 Å². The zero-order valence-electron chi connectivity index (χ0n) is 11.5. The number of ketones is 1. The Hall–Kier alpha value is -1.81. The molecule has 1 unspecified atom stereocenters. The largest absolute Gasteiger partial charge is 0.298 e. The van der Waals surface area contributed by atoms with E-state index in [1.54, 1.807) is 36.4 Å². The summed E-state index contributed by atoms with van der Waals surface area (Å²) >= 11 is 3.24. The zero-order valence-corrected chi connectivity index (χ0v) is 13.1. The molecule has 0 N–H and O–H groups in total. The average molecular weight is 349 g/mol. The van der Waals surface area contributed by atoms with Gasteiger partial charge >= 0.3 is 0 Å². The molecule has 0 saturated heterocycles. The third-order valence-corrected chi connectivity index (χ3v) is 4.09. The maximum atomic E-state index is 13.7. The van der Waals surface area contributed by atoms with Crippen LogP contribution >= 0.6 is 15.9 Å². The van der Waals surface area contributed by atoms with Crippen molar-refractivity contribution < 1.29 is 14.0 Å². The molecule has 0 aliphatic carbocycles. The number of Topliss-reactive ketones (excluding diaryl/α,β-unsaturated/α-hetero) is 1. The highest BCUT2D eigenvalue weighted by Crippen LogP contribution is 2.25. The van der Waals surface area contributed by atoms with Gasteiger partial charge in [-0.25, -0.2) is 4.39 Å². The Kier molecular flexibility index (Phi) is 5.02. The minimum absolute atomic E-state index is 0.110. The van der Waals surface area contributed by atoms with Gasteiger partial charge in [-0.05, 0) is 29.7 Å². The molecule has 2 rings (SSSR count). The molecule has 4 heteroatoms. The van der Waals surface area contributed by atoms with Crippen LogP contribution in [-0.4, -0.2) is 12.1 Å². The summed E-state index contributed by atoms with van der Waals surface area (Å²) in [6.07, 6.45) is 0.891. The van der Waals surface area contributed by atoms with Gasteiger partial charge < -0.3 is 0 Å².